The van der Waals surface area contributed by atoms with Crippen molar-refractivity contribution in [2.75, 3.05) is 4.53 Å². The lowest BCUT2D eigenvalue weighted by atomic mass is 10.2. The van der Waals surface area contributed by atoms with E-state index in [1.54, 1.807) is 30.3 Å². The van der Waals surface area contributed by atoms with Crippen LogP contribution in [0.5, 0.6) is 0 Å². The normalized spacial score (nSPS) is 12.2. The first-order valence-electron chi connectivity index (χ1n) is 6.79. The Labute approximate surface area is 147 Å². The smallest absolute Gasteiger partial charge is 0.214 e. The summed E-state index contributed by atoms with van der Waals surface area (Å²) >= 11 is 0.0227. The maximum atomic E-state index is 14.2. The molecule has 26 heavy (non-hydrogen) atoms. The van der Waals surface area contributed by atoms with Crippen LogP contribution in [-0.2, 0) is 10.0 Å². The maximum Gasteiger partial charge on any atom is 0.286 e. The molecule has 0 saturated carbocycles. The Morgan fingerprint density at radius 2 is 1.58 bits per heavy atom. The third-order valence-corrected chi connectivity index (χ3v) is 5.43. The largest absolute Gasteiger partial charge is 0.286 e. The molecule has 0 N–H and O–H groups in total. The highest BCUT2D eigenvalue weighted by molar-refractivity contribution is 7.95. The number of fused-ring (bicyclic) bond motifs is 1. The minimum absolute atomic E-state index is 0.0227. The van der Waals surface area contributed by atoms with Gasteiger partial charge >= 0.3 is 0 Å². The quantitative estimate of drug-likeness (QED) is 0.277. The third-order valence-electron chi connectivity index (χ3n) is 3.21. The van der Waals surface area contributed by atoms with E-state index in [0.29, 0.717) is 11.0 Å². The number of aromatic nitrogens is 1. The summed E-state index contributed by atoms with van der Waals surface area (Å²) in [5.74, 6) is -7.84. The molecule has 0 atom stereocenters. The molecule has 4 nitrogen and oxygen atoms in total. The molecule has 0 aliphatic heterocycles. The van der Waals surface area contributed by atoms with Crippen molar-refractivity contribution < 1.29 is 30.5 Å². The molecule has 0 unspecified atom stereocenters. The first-order chi connectivity index (χ1) is 12.2. The lowest BCUT2D eigenvalue weighted by molar-refractivity contribution is 0.418. The summed E-state index contributed by atoms with van der Waals surface area (Å²) in [6, 6.07) is 8.06. The SMILES string of the molecule is O=S(=O)(C=Cc1ccccc1)N(F)c1nc2c(F)c(F)c(F)c(F)c2s1. The number of rotatable bonds is 4. The Hall–Kier alpha value is -2.53. The standard InChI is InChI=1S/C15H7F5N2O2S2/c16-9-10(17)12(19)14-13(11(9)18)21-15(25-14)22(20)26(23,24)7-6-8-4-2-1-3-5-8/h1-7H. The summed E-state index contributed by atoms with van der Waals surface area (Å²) < 4.78 is 90.3. The maximum absolute atomic E-state index is 14.2. The van der Waals surface area contributed by atoms with E-state index in [9.17, 15) is 30.5 Å². The van der Waals surface area contributed by atoms with E-state index in [1.165, 1.54) is 0 Å². The Balaban J connectivity index is 2.02. The van der Waals surface area contributed by atoms with Gasteiger partial charge in [-0.1, -0.05) is 50.7 Å². The van der Waals surface area contributed by atoms with Crippen molar-refractivity contribution >= 4 is 42.8 Å². The van der Waals surface area contributed by atoms with Gasteiger partial charge in [-0.3, -0.25) is 0 Å². The fourth-order valence-electron chi connectivity index (χ4n) is 1.97. The van der Waals surface area contributed by atoms with Gasteiger partial charge < -0.3 is 0 Å². The predicted molar refractivity (Wildman–Crippen MR) is 87.4 cm³/mol. The minimum Gasteiger partial charge on any atom is -0.214 e. The molecule has 0 spiro atoms. The summed E-state index contributed by atoms with van der Waals surface area (Å²) in [6.07, 6.45) is 1.09. The summed E-state index contributed by atoms with van der Waals surface area (Å²) in [5, 5.41) is -0.483. The summed E-state index contributed by atoms with van der Waals surface area (Å²) in [5.41, 5.74) is -0.554. The molecule has 0 saturated heterocycles. The zero-order valence-electron chi connectivity index (χ0n) is 12.5. The molecule has 3 rings (SSSR count). The van der Waals surface area contributed by atoms with Crippen molar-refractivity contribution in [3.05, 3.63) is 64.6 Å². The number of nitrogens with zero attached hydrogens (tertiary/aromatic N) is 2. The predicted octanol–water partition coefficient (Wildman–Crippen LogP) is 4.54. The number of thiazole rings is 1. The third kappa shape index (κ3) is 3.15. The van der Waals surface area contributed by atoms with Gasteiger partial charge in [0.2, 0.25) is 5.13 Å². The van der Waals surface area contributed by atoms with Crippen LogP contribution in [0.25, 0.3) is 16.3 Å². The molecule has 2 aromatic carbocycles. The zero-order valence-corrected chi connectivity index (χ0v) is 14.1. The molecule has 1 heterocycles. The molecule has 0 radical (unpaired) electrons. The van der Waals surface area contributed by atoms with E-state index in [4.69, 9.17) is 0 Å². The molecule has 11 heteroatoms. The van der Waals surface area contributed by atoms with Crippen LogP contribution < -0.4 is 4.53 Å². The molecule has 0 bridgehead atoms. The van der Waals surface area contributed by atoms with Gasteiger partial charge in [0.1, 0.15) is 5.52 Å². The highest BCUT2D eigenvalue weighted by Gasteiger charge is 2.29. The Morgan fingerprint density at radius 3 is 2.23 bits per heavy atom. The van der Waals surface area contributed by atoms with Gasteiger partial charge in [0, 0.05) is 0 Å². The Bertz CT molecular complexity index is 1070. The lowest BCUT2D eigenvalue weighted by Gasteiger charge is -2.06. The second-order valence-electron chi connectivity index (χ2n) is 4.90. The van der Waals surface area contributed by atoms with Gasteiger partial charge in [0.25, 0.3) is 10.0 Å². The van der Waals surface area contributed by atoms with Crippen LogP contribution in [0.4, 0.5) is 27.2 Å². The molecular weight excluding hydrogens is 399 g/mol. The summed E-state index contributed by atoms with van der Waals surface area (Å²) in [7, 11) is -4.70. The van der Waals surface area contributed by atoms with Crippen molar-refractivity contribution in [1.82, 2.24) is 4.98 Å². The molecule has 1 aromatic heterocycles. The second kappa shape index (κ2) is 6.65. The van der Waals surface area contributed by atoms with Crippen molar-refractivity contribution in [3.8, 4) is 0 Å². The van der Waals surface area contributed by atoms with Gasteiger partial charge in [-0.2, -0.15) is 8.42 Å². The molecule has 0 aliphatic rings. The van der Waals surface area contributed by atoms with Crippen LogP contribution in [-0.4, -0.2) is 13.4 Å². The van der Waals surface area contributed by atoms with Crippen LogP contribution in [0.3, 0.4) is 0 Å². The van der Waals surface area contributed by atoms with Crippen LogP contribution in [0.2, 0.25) is 0 Å². The fraction of sp³-hybridized carbons (Fsp3) is 0. The molecule has 0 fully saturated rings. The molecule has 0 aliphatic carbocycles. The van der Waals surface area contributed by atoms with Crippen LogP contribution >= 0.6 is 11.3 Å². The van der Waals surface area contributed by atoms with Crippen LogP contribution in [0, 0.1) is 23.3 Å². The van der Waals surface area contributed by atoms with Gasteiger partial charge in [-0.15, -0.1) is 0 Å². The van der Waals surface area contributed by atoms with Gasteiger partial charge in [-0.05, 0) is 11.6 Å². The van der Waals surface area contributed by atoms with Crippen molar-refractivity contribution in [3.63, 3.8) is 0 Å². The van der Waals surface area contributed by atoms with E-state index in [-0.39, 0.29) is 11.3 Å². The first-order valence-corrected chi connectivity index (χ1v) is 9.11. The van der Waals surface area contributed by atoms with Crippen molar-refractivity contribution in [1.29, 1.82) is 0 Å². The summed E-state index contributed by atoms with van der Waals surface area (Å²) in [6.45, 7) is 0. The number of hydrogen-bond donors (Lipinski definition) is 0. The first kappa shape index (κ1) is 18.3. The lowest BCUT2D eigenvalue weighted by Crippen LogP contribution is -2.19. The topological polar surface area (TPSA) is 50.3 Å². The Kier molecular flexibility index (Phi) is 4.67. The van der Waals surface area contributed by atoms with E-state index in [1.807, 2.05) is 0 Å². The van der Waals surface area contributed by atoms with E-state index < -0.39 is 53.2 Å². The molecule has 136 valence electrons. The average molecular weight is 406 g/mol. The van der Waals surface area contributed by atoms with E-state index in [2.05, 4.69) is 4.98 Å². The number of benzene rings is 2. The monoisotopic (exact) mass is 406 g/mol. The number of sulfonamides is 1. The molecule has 0 amide bonds. The highest BCUT2D eigenvalue weighted by atomic mass is 32.2. The van der Waals surface area contributed by atoms with Crippen LogP contribution in [0.1, 0.15) is 5.56 Å². The van der Waals surface area contributed by atoms with Crippen molar-refractivity contribution in [2.24, 2.45) is 0 Å². The number of hydrogen-bond acceptors (Lipinski definition) is 4. The van der Waals surface area contributed by atoms with Gasteiger partial charge in [0.15, 0.2) is 23.3 Å². The minimum atomic E-state index is -4.70. The van der Waals surface area contributed by atoms with Gasteiger partial charge in [-0.25, -0.2) is 22.5 Å². The van der Waals surface area contributed by atoms with E-state index in [0.717, 1.165) is 6.08 Å². The Morgan fingerprint density at radius 1 is 0.962 bits per heavy atom. The van der Waals surface area contributed by atoms with Gasteiger partial charge in [0.05, 0.1) is 10.1 Å². The molecular formula is C15H7F5N2O2S2. The average Bonchev–Trinajstić information content (AvgIpc) is 3.08. The second-order valence-corrected chi connectivity index (χ2v) is 7.50. The number of anilines is 1. The van der Waals surface area contributed by atoms with E-state index >= 15 is 0 Å². The van der Waals surface area contributed by atoms with Crippen molar-refractivity contribution in [2.45, 2.75) is 0 Å². The molecule has 3 aromatic rings. The number of halogens is 5. The zero-order chi connectivity index (χ0) is 19.1. The van der Waals surface area contributed by atoms with Crippen LogP contribution in [0.15, 0.2) is 35.7 Å². The fourth-order valence-corrected chi connectivity index (χ4v) is 3.89. The summed E-state index contributed by atoms with van der Waals surface area (Å²) in [4.78, 5) is 3.23. The highest BCUT2D eigenvalue weighted by Crippen LogP contribution is 2.36.